The van der Waals surface area contributed by atoms with Crippen LogP contribution in [0.3, 0.4) is 0 Å². The molecular weight excluding hydrogens is 661 g/mol. The molecule has 0 heterocycles. The SMILES string of the molecule is O=C(O[P+](c1ccccc1)(c1ccccc1)c1ccccc1)O[P+](c1ccccc1)(c1ccccc1)c1ccccc1.[Pd]. The van der Waals surface area contributed by atoms with Crippen LogP contribution in [-0.2, 0) is 29.5 Å². The van der Waals surface area contributed by atoms with Gasteiger partial charge in [0.2, 0.25) is 0 Å². The van der Waals surface area contributed by atoms with E-state index in [-0.39, 0.29) is 20.4 Å². The van der Waals surface area contributed by atoms with Gasteiger partial charge >= 0.3 is 6.16 Å². The molecule has 0 unspecified atom stereocenters. The van der Waals surface area contributed by atoms with Crippen LogP contribution in [0.4, 0.5) is 4.79 Å². The van der Waals surface area contributed by atoms with Crippen molar-refractivity contribution in [2.24, 2.45) is 0 Å². The van der Waals surface area contributed by atoms with E-state index >= 15 is 0 Å². The maximum atomic E-state index is 14.5. The van der Waals surface area contributed by atoms with Crippen LogP contribution in [0.25, 0.3) is 0 Å². The third-order valence-corrected chi connectivity index (χ3v) is 14.1. The number of hydrogen-bond donors (Lipinski definition) is 0. The average molecular weight is 691 g/mol. The predicted molar refractivity (Wildman–Crippen MR) is 178 cm³/mol. The van der Waals surface area contributed by atoms with Gasteiger partial charge in [0.1, 0.15) is 31.8 Å². The molecule has 0 fully saturated rings. The van der Waals surface area contributed by atoms with E-state index in [2.05, 4.69) is 0 Å². The number of carbonyl (C=O) groups excluding carboxylic acids is 1. The zero-order valence-corrected chi connectivity index (χ0v) is 26.6. The van der Waals surface area contributed by atoms with Crippen LogP contribution in [0, 0.1) is 0 Å². The molecule has 214 valence electrons. The number of rotatable bonds is 8. The molecular formula is C37H30O3P2Pd+2. The molecule has 0 atom stereocenters. The Hall–Kier alpha value is -3.89. The molecule has 0 spiro atoms. The third kappa shape index (κ3) is 6.12. The second-order valence-electron chi connectivity index (χ2n) is 9.66. The molecule has 0 saturated carbocycles. The molecule has 0 aliphatic rings. The van der Waals surface area contributed by atoms with Crippen molar-refractivity contribution in [3.63, 3.8) is 0 Å². The van der Waals surface area contributed by atoms with E-state index in [0.29, 0.717) is 0 Å². The monoisotopic (exact) mass is 690 g/mol. The normalized spacial score (nSPS) is 11.2. The van der Waals surface area contributed by atoms with Crippen LogP contribution in [0.1, 0.15) is 0 Å². The molecule has 0 saturated heterocycles. The summed E-state index contributed by atoms with van der Waals surface area (Å²) >= 11 is 0. The van der Waals surface area contributed by atoms with E-state index in [1.807, 2.05) is 182 Å². The van der Waals surface area contributed by atoms with Crippen molar-refractivity contribution >= 4 is 53.0 Å². The molecule has 0 aromatic heterocycles. The molecule has 6 aromatic carbocycles. The second-order valence-corrected chi connectivity index (χ2v) is 15.6. The first-order valence-electron chi connectivity index (χ1n) is 13.8. The van der Waals surface area contributed by atoms with Gasteiger partial charge in [0.25, 0.3) is 15.0 Å². The van der Waals surface area contributed by atoms with Gasteiger partial charge in [-0.3, -0.25) is 9.05 Å². The first kappa shape index (κ1) is 30.6. The zero-order valence-electron chi connectivity index (χ0n) is 23.3. The van der Waals surface area contributed by atoms with Crippen LogP contribution in [0.5, 0.6) is 0 Å². The van der Waals surface area contributed by atoms with Crippen molar-refractivity contribution in [3.05, 3.63) is 182 Å². The summed E-state index contributed by atoms with van der Waals surface area (Å²) in [5.74, 6) is 0. The molecule has 0 amide bonds. The topological polar surface area (TPSA) is 35.5 Å². The van der Waals surface area contributed by atoms with Crippen LogP contribution in [0.2, 0.25) is 0 Å². The van der Waals surface area contributed by atoms with Crippen LogP contribution in [0.15, 0.2) is 182 Å². The summed E-state index contributed by atoms with van der Waals surface area (Å²) in [7, 11) is -5.85. The van der Waals surface area contributed by atoms with Gasteiger partial charge in [-0.1, -0.05) is 109 Å². The van der Waals surface area contributed by atoms with Gasteiger partial charge in [0, 0.05) is 20.4 Å². The predicted octanol–water partition coefficient (Wildman–Crippen LogP) is 6.96. The summed E-state index contributed by atoms with van der Waals surface area (Å²) in [6.07, 6.45) is -0.704. The van der Waals surface area contributed by atoms with E-state index in [0.717, 1.165) is 31.8 Å². The van der Waals surface area contributed by atoms with Crippen LogP contribution in [-0.4, -0.2) is 6.16 Å². The Morgan fingerprint density at radius 2 is 0.488 bits per heavy atom. The minimum atomic E-state index is -2.93. The smallest absolute Gasteiger partial charge is 0.254 e. The van der Waals surface area contributed by atoms with Gasteiger partial charge in [-0.2, -0.15) is 4.79 Å². The van der Waals surface area contributed by atoms with Crippen molar-refractivity contribution in [1.29, 1.82) is 0 Å². The fraction of sp³-hybridized carbons (Fsp3) is 0. The number of benzene rings is 6. The summed E-state index contributed by atoms with van der Waals surface area (Å²) in [4.78, 5) is 14.5. The fourth-order valence-electron chi connectivity index (χ4n) is 5.28. The Morgan fingerprint density at radius 3 is 0.651 bits per heavy atom. The fourth-order valence-corrected chi connectivity index (χ4v) is 11.8. The van der Waals surface area contributed by atoms with Gasteiger partial charge in [-0.25, -0.2) is 0 Å². The van der Waals surface area contributed by atoms with Crippen molar-refractivity contribution in [1.82, 2.24) is 0 Å². The number of hydrogen-bond acceptors (Lipinski definition) is 3. The first-order valence-corrected chi connectivity index (χ1v) is 17.2. The van der Waals surface area contributed by atoms with Crippen molar-refractivity contribution < 1.29 is 34.3 Å². The van der Waals surface area contributed by atoms with E-state index in [9.17, 15) is 4.79 Å². The van der Waals surface area contributed by atoms with Crippen molar-refractivity contribution in [3.8, 4) is 0 Å². The Balaban J connectivity index is 0.00000368. The van der Waals surface area contributed by atoms with E-state index < -0.39 is 21.1 Å². The van der Waals surface area contributed by atoms with E-state index in [4.69, 9.17) is 9.05 Å². The summed E-state index contributed by atoms with van der Waals surface area (Å²) in [6, 6.07) is 60.1. The van der Waals surface area contributed by atoms with E-state index in [1.54, 1.807) is 0 Å². The molecule has 0 N–H and O–H groups in total. The summed E-state index contributed by atoms with van der Waals surface area (Å²) < 4.78 is 13.6. The van der Waals surface area contributed by atoms with E-state index in [1.165, 1.54) is 0 Å². The molecule has 43 heavy (non-hydrogen) atoms. The Labute approximate surface area is 268 Å². The Kier molecular flexibility index (Phi) is 9.99. The zero-order chi connectivity index (χ0) is 28.7. The standard InChI is InChI=1S/C37H30O3P2.Pd/c38-37(39-41(31-19-7-1-8-20-31,32-21-9-2-10-22-32)33-23-11-3-12-24-33)40-42(34-25-13-4-14-26-34,35-27-15-5-16-28-35)36-29-17-6-18-30-36;/h1-30H;/q+2;. The second kappa shape index (κ2) is 14.1. The van der Waals surface area contributed by atoms with Crippen molar-refractivity contribution in [2.75, 3.05) is 0 Å². The quantitative estimate of drug-likeness (QED) is 0.128. The summed E-state index contributed by atoms with van der Waals surface area (Å²) in [6.45, 7) is 0. The molecule has 6 aromatic rings. The molecule has 6 rings (SSSR count). The molecule has 3 nitrogen and oxygen atoms in total. The average Bonchev–Trinajstić information content (AvgIpc) is 3.08. The maximum absolute atomic E-state index is 14.5. The van der Waals surface area contributed by atoms with Gasteiger partial charge in [0.15, 0.2) is 0 Å². The minimum Gasteiger partial charge on any atom is -0.254 e. The minimum absolute atomic E-state index is 0. The van der Waals surface area contributed by atoms with Crippen LogP contribution < -0.4 is 31.8 Å². The van der Waals surface area contributed by atoms with Crippen molar-refractivity contribution in [2.45, 2.75) is 0 Å². The van der Waals surface area contributed by atoms with Gasteiger partial charge < -0.3 is 0 Å². The molecule has 0 bridgehead atoms. The van der Waals surface area contributed by atoms with Gasteiger partial charge in [0.05, 0.1) is 0 Å². The Morgan fingerprint density at radius 1 is 0.326 bits per heavy atom. The Bertz CT molecular complexity index is 1400. The van der Waals surface area contributed by atoms with Gasteiger partial charge in [-0.15, -0.1) is 0 Å². The number of carbonyl (C=O) groups is 1. The molecule has 0 aliphatic heterocycles. The third-order valence-electron chi connectivity index (χ3n) is 7.14. The summed E-state index contributed by atoms with van der Waals surface area (Å²) in [5.41, 5.74) is 0. The largest absolute Gasteiger partial charge is 0.587 e. The van der Waals surface area contributed by atoms with Crippen LogP contribution >= 0.6 is 15.0 Å². The molecule has 0 radical (unpaired) electrons. The van der Waals surface area contributed by atoms with Gasteiger partial charge in [-0.05, 0) is 72.8 Å². The summed E-state index contributed by atoms with van der Waals surface area (Å²) in [5, 5.41) is 5.60. The molecule has 0 aliphatic carbocycles. The maximum Gasteiger partial charge on any atom is 0.587 e. The molecule has 6 heteroatoms. The first-order chi connectivity index (χ1) is 20.7.